The lowest BCUT2D eigenvalue weighted by Gasteiger charge is -2.36. The summed E-state index contributed by atoms with van der Waals surface area (Å²) < 4.78 is 63.2. The molecule has 3 aliphatic rings. The fraction of sp³-hybridized carbons (Fsp3) is 0.333. The van der Waals surface area contributed by atoms with Gasteiger partial charge < -0.3 is 34.2 Å². The van der Waals surface area contributed by atoms with Crippen LogP contribution in [0.2, 0.25) is 0 Å². The number of benzene rings is 3. The average molecular weight is 619 g/mol. The molecule has 4 heterocycles. The van der Waals surface area contributed by atoms with Gasteiger partial charge in [-0.15, -0.1) is 0 Å². The van der Waals surface area contributed by atoms with Crippen LogP contribution in [-0.4, -0.2) is 74.5 Å². The molecule has 1 aromatic heterocycles. The molecule has 1 saturated heterocycles. The van der Waals surface area contributed by atoms with Gasteiger partial charge in [0.2, 0.25) is 5.95 Å². The number of fused-ring (bicyclic) bond motifs is 2. The fourth-order valence-electron chi connectivity index (χ4n) is 6.16. The molecule has 0 amide bonds. The molecule has 0 aliphatic carbocycles. The second kappa shape index (κ2) is 12.0. The SMILES string of the molecule is CN(C)C1CCN(c2ccc(Nc3ncc(F)c(-c4cc(F)c5c(c4)N(c4cccc6c4OCCO6)CCO5)n3)cc2F)CC1. The maximum absolute atomic E-state index is 15.5. The third kappa shape index (κ3) is 5.66. The zero-order valence-corrected chi connectivity index (χ0v) is 25.0. The monoisotopic (exact) mass is 618 g/mol. The van der Waals surface area contributed by atoms with Gasteiger partial charge in [0.15, 0.2) is 28.9 Å². The van der Waals surface area contributed by atoms with Crippen molar-refractivity contribution in [2.75, 3.05) is 68.7 Å². The number of halogens is 3. The molecule has 0 bridgehead atoms. The first-order chi connectivity index (χ1) is 21.9. The molecule has 4 aromatic rings. The standard InChI is InChI=1S/C33H33F3N6O3/c1-40(2)22-8-10-41(11-9-22)26-7-6-21(18-23(26)34)38-33-37-19-25(36)30(39-33)20-16-24(35)31-28(17-20)42(12-13-44-31)27-4-3-5-29-32(27)45-15-14-43-29/h3-7,16-19,22H,8-15H2,1-2H3,(H,37,38,39). The molecule has 234 valence electrons. The number of piperidine rings is 1. The number of hydrogen-bond acceptors (Lipinski definition) is 9. The topological polar surface area (TPSA) is 75.2 Å². The maximum Gasteiger partial charge on any atom is 0.227 e. The Kier molecular flexibility index (Phi) is 7.74. The summed E-state index contributed by atoms with van der Waals surface area (Å²) in [5, 5.41) is 2.97. The first-order valence-corrected chi connectivity index (χ1v) is 15.0. The lowest BCUT2D eigenvalue weighted by atomic mass is 10.0. The van der Waals surface area contributed by atoms with Crippen molar-refractivity contribution in [3.05, 3.63) is 72.2 Å². The van der Waals surface area contributed by atoms with Crippen LogP contribution in [0.4, 0.5) is 41.9 Å². The second-order valence-corrected chi connectivity index (χ2v) is 11.5. The molecule has 0 atom stereocenters. The molecule has 45 heavy (non-hydrogen) atoms. The van der Waals surface area contributed by atoms with Gasteiger partial charge in [0.1, 0.15) is 31.3 Å². The zero-order chi connectivity index (χ0) is 31.1. The molecule has 0 saturated carbocycles. The number of para-hydroxylation sites is 1. The van der Waals surface area contributed by atoms with E-state index in [1.807, 2.05) is 28.0 Å². The van der Waals surface area contributed by atoms with Crippen LogP contribution in [0.3, 0.4) is 0 Å². The van der Waals surface area contributed by atoms with E-state index < -0.39 is 11.6 Å². The van der Waals surface area contributed by atoms with Crippen molar-refractivity contribution in [1.29, 1.82) is 0 Å². The van der Waals surface area contributed by atoms with Crippen molar-refractivity contribution < 1.29 is 27.4 Å². The predicted molar refractivity (Wildman–Crippen MR) is 166 cm³/mol. The van der Waals surface area contributed by atoms with Gasteiger partial charge in [-0.05, 0) is 69.4 Å². The van der Waals surface area contributed by atoms with Crippen LogP contribution in [-0.2, 0) is 0 Å². The van der Waals surface area contributed by atoms with Crippen molar-refractivity contribution in [1.82, 2.24) is 14.9 Å². The van der Waals surface area contributed by atoms with E-state index in [0.29, 0.717) is 60.0 Å². The van der Waals surface area contributed by atoms with Crippen molar-refractivity contribution in [3.63, 3.8) is 0 Å². The van der Waals surface area contributed by atoms with Crippen molar-refractivity contribution in [2.45, 2.75) is 18.9 Å². The number of anilines is 5. The Morgan fingerprint density at radius 2 is 1.60 bits per heavy atom. The Bertz CT molecular complexity index is 1730. The average Bonchev–Trinajstić information content (AvgIpc) is 3.05. The van der Waals surface area contributed by atoms with Gasteiger partial charge in [0.25, 0.3) is 0 Å². The molecule has 12 heteroatoms. The van der Waals surface area contributed by atoms with Crippen LogP contribution in [0.1, 0.15) is 12.8 Å². The summed E-state index contributed by atoms with van der Waals surface area (Å²) >= 11 is 0. The summed E-state index contributed by atoms with van der Waals surface area (Å²) in [4.78, 5) is 14.5. The molecular weight excluding hydrogens is 585 g/mol. The van der Waals surface area contributed by atoms with Gasteiger partial charge in [-0.1, -0.05) is 6.07 Å². The minimum Gasteiger partial charge on any atom is -0.486 e. The number of nitrogens with one attached hydrogen (secondary N) is 1. The van der Waals surface area contributed by atoms with Gasteiger partial charge in [-0.3, -0.25) is 0 Å². The lowest BCUT2D eigenvalue weighted by molar-refractivity contribution is 0.172. The summed E-state index contributed by atoms with van der Waals surface area (Å²) in [5.41, 5.74) is 2.10. The molecule has 3 aromatic carbocycles. The van der Waals surface area contributed by atoms with E-state index >= 15 is 13.2 Å². The molecule has 0 radical (unpaired) electrons. The van der Waals surface area contributed by atoms with Crippen LogP contribution >= 0.6 is 0 Å². The Hall–Kier alpha value is -4.71. The Balaban J connectivity index is 1.16. The van der Waals surface area contributed by atoms with E-state index in [4.69, 9.17) is 14.2 Å². The van der Waals surface area contributed by atoms with Gasteiger partial charge >= 0.3 is 0 Å². The highest BCUT2D eigenvalue weighted by atomic mass is 19.1. The van der Waals surface area contributed by atoms with Crippen LogP contribution < -0.4 is 29.3 Å². The van der Waals surface area contributed by atoms with Gasteiger partial charge in [-0.25, -0.2) is 23.1 Å². The van der Waals surface area contributed by atoms with Gasteiger partial charge in [-0.2, -0.15) is 0 Å². The Labute approximate surface area is 259 Å². The van der Waals surface area contributed by atoms with E-state index in [1.165, 1.54) is 12.1 Å². The van der Waals surface area contributed by atoms with Crippen molar-refractivity contribution >= 4 is 28.7 Å². The first-order valence-electron chi connectivity index (χ1n) is 15.0. The summed E-state index contributed by atoms with van der Waals surface area (Å²) in [6.45, 7) is 3.01. The van der Waals surface area contributed by atoms with Gasteiger partial charge in [0, 0.05) is 30.4 Å². The number of aromatic nitrogens is 2. The third-order valence-electron chi connectivity index (χ3n) is 8.47. The van der Waals surface area contributed by atoms with Crippen LogP contribution in [0.25, 0.3) is 11.3 Å². The summed E-state index contributed by atoms with van der Waals surface area (Å²) in [6, 6.07) is 13.6. The van der Waals surface area contributed by atoms with E-state index in [2.05, 4.69) is 34.3 Å². The maximum atomic E-state index is 15.5. The number of hydrogen-bond donors (Lipinski definition) is 1. The molecule has 0 spiro atoms. The normalized spacial score (nSPS) is 16.4. The molecule has 1 fully saturated rings. The summed E-state index contributed by atoms with van der Waals surface area (Å²) in [7, 11) is 4.13. The van der Waals surface area contributed by atoms with Crippen molar-refractivity contribution in [3.8, 4) is 28.5 Å². The Morgan fingerprint density at radius 3 is 2.40 bits per heavy atom. The minimum absolute atomic E-state index is 0.0410. The van der Waals surface area contributed by atoms with E-state index in [-0.39, 0.29) is 35.4 Å². The number of rotatable bonds is 6. The third-order valence-corrected chi connectivity index (χ3v) is 8.47. The predicted octanol–water partition coefficient (Wildman–Crippen LogP) is 6.14. The largest absolute Gasteiger partial charge is 0.486 e. The summed E-state index contributed by atoms with van der Waals surface area (Å²) in [6.07, 6.45) is 2.93. The molecule has 3 aliphatic heterocycles. The van der Waals surface area contributed by atoms with Crippen LogP contribution in [0, 0.1) is 17.5 Å². The van der Waals surface area contributed by atoms with E-state index in [1.54, 1.807) is 18.2 Å². The second-order valence-electron chi connectivity index (χ2n) is 11.5. The van der Waals surface area contributed by atoms with Crippen molar-refractivity contribution in [2.24, 2.45) is 0 Å². The van der Waals surface area contributed by atoms with E-state index in [9.17, 15) is 0 Å². The molecular formula is C33H33F3N6O3. The minimum atomic E-state index is -0.736. The highest BCUT2D eigenvalue weighted by Crippen LogP contribution is 2.47. The molecule has 1 N–H and O–H groups in total. The number of ether oxygens (including phenoxy) is 3. The van der Waals surface area contributed by atoms with E-state index in [0.717, 1.165) is 32.1 Å². The molecule has 0 unspecified atom stereocenters. The summed E-state index contributed by atoms with van der Waals surface area (Å²) in [5.74, 6) is -0.528. The smallest absolute Gasteiger partial charge is 0.227 e. The van der Waals surface area contributed by atoms with Gasteiger partial charge in [0.05, 0.1) is 29.8 Å². The van der Waals surface area contributed by atoms with Crippen LogP contribution in [0.15, 0.2) is 54.7 Å². The number of nitrogens with zero attached hydrogens (tertiary/aromatic N) is 5. The molecule has 9 nitrogen and oxygen atoms in total. The van der Waals surface area contributed by atoms with Crippen LogP contribution in [0.5, 0.6) is 17.2 Å². The first kappa shape index (κ1) is 29.0. The zero-order valence-electron chi connectivity index (χ0n) is 25.0. The fourth-order valence-corrected chi connectivity index (χ4v) is 6.16. The highest BCUT2D eigenvalue weighted by Gasteiger charge is 2.29. The quantitative estimate of drug-likeness (QED) is 0.275. The lowest BCUT2D eigenvalue weighted by Crippen LogP contribution is -2.42. The molecule has 7 rings (SSSR count). The Morgan fingerprint density at radius 1 is 0.800 bits per heavy atom. The highest BCUT2D eigenvalue weighted by molar-refractivity contribution is 5.80.